The van der Waals surface area contributed by atoms with Crippen molar-refractivity contribution in [2.45, 2.75) is 124 Å². The largest absolute Gasteiger partial charge is 0.446 e. The number of carbonyl (C=O) groups is 1. The molecule has 0 aromatic heterocycles. The molecule has 0 aliphatic heterocycles. The third kappa shape index (κ3) is 4.94. The van der Waals surface area contributed by atoms with Crippen LogP contribution < -0.4 is 0 Å². The minimum Gasteiger partial charge on any atom is -0.446 e. The van der Waals surface area contributed by atoms with E-state index in [-0.39, 0.29) is 23.9 Å². The van der Waals surface area contributed by atoms with Gasteiger partial charge in [-0.2, -0.15) is 0 Å². The topological polar surface area (TPSA) is 29.5 Å². The standard InChI is InChI=1S/C25H47NO2Si/c1-10-29(11-2,12-3)23(28-24(27)26(18(4)5)19(6)7)22-14-13-21-17-20(22)15-16-25(21,8)9/h14,18-21,23H,10-13,15-17H2,1-9H3/t20-,21-,23-/m1/s1. The van der Waals surface area contributed by atoms with Crippen LogP contribution >= 0.6 is 0 Å². The van der Waals surface area contributed by atoms with Crippen molar-refractivity contribution in [3.8, 4) is 0 Å². The van der Waals surface area contributed by atoms with E-state index in [4.69, 9.17) is 4.74 Å². The minimum absolute atomic E-state index is 0.0437. The summed E-state index contributed by atoms with van der Waals surface area (Å²) in [5.41, 5.74) is 1.99. The van der Waals surface area contributed by atoms with Crippen LogP contribution in [0.5, 0.6) is 0 Å². The number of hydrogen-bond donors (Lipinski definition) is 0. The monoisotopic (exact) mass is 421 g/mol. The Morgan fingerprint density at radius 1 is 1.14 bits per heavy atom. The summed E-state index contributed by atoms with van der Waals surface area (Å²) < 4.78 is 6.54. The molecule has 2 rings (SSSR count). The van der Waals surface area contributed by atoms with Gasteiger partial charge in [0.05, 0.1) is 0 Å². The summed E-state index contributed by atoms with van der Waals surface area (Å²) in [5, 5.41) is 0. The number of amides is 1. The smallest absolute Gasteiger partial charge is 0.410 e. The van der Waals surface area contributed by atoms with Gasteiger partial charge in [0.2, 0.25) is 0 Å². The molecule has 1 saturated carbocycles. The van der Waals surface area contributed by atoms with Crippen molar-refractivity contribution in [2.75, 3.05) is 0 Å². The van der Waals surface area contributed by atoms with E-state index < -0.39 is 8.07 Å². The first kappa shape index (κ1) is 24.5. The fraction of sp³-hybridized carbons (Fsp3) is 0.880. The Morgan fingerprint density at radius 2 is 1.69 bits per heavy atom. The predicted molar refractivity (Wildman–Crippen MR) is 127 cm³/mol. The highest BCUT2D eigenvalue weighted by Crippen LogP contribution is 2.52. The predicted octanol–water partition coefficient (Wildman–Crippen LogP) is 7.43. The first-order chi connectivity index (χ1) is 13.5. The van der Waals surface area contributed by atoms with Crippen molar-refractivity contribution >= 4 is 14.2 Å². The molecule has 0 unspecified atom stereocenters. The van der Waals surface area contributed by atoms with Gasteiger partial charge >= 0.3 is 6.09 Å². The van der Waals surface area contributed by atoms with Crippen molar-refractivity contribution in [3.05, 3.63) is 11.6 Å². The molecule has 4 heteroatoms. The fourth-order valence-corrected chi connectivity index (χ4v) is 10.1. The van der Waals surface area contributed by atoms with E-state index in [1.54, 1.807) is 0 Å². The van der Waals surface area contributed by atoms with E-state index in [2.05, 4.69) is 68.4 Å². The molecule has 0 N–H and O–H groups in total. The Balaban J connectivity index is 2.40. The van der Waals surface area contributed by atoms with Crippen LogP contribution in [-0.4, -0.2) is 36.9 Å². The number of fused-ring (bicyclic) bond motifs is 2. The van der Waals surface area contributed by atoms with Gasteiger partial charge in [-0.1, -0.05) is 58.8 Å². The van der Waals surface area contributed by atoms with Crippen LogP contribution in [-0.2, 0) is 4.74 Å². The van der Waals surface area contributed by atoms with Crippen LogP contribution in [0.1, 0.15) is 88.0 Å². The van der Waals surface area contributed by atoms with Crippen LogP contribution in [0.2, 0.25) is 18.1 Å². The van der Waals surface area contributed by atoms with E-state index >= 15 is 0 Å². The quantitative estimate of drug-likeness (QED) is 0.301. The molecule has 0 radical (unpaired) electrons. The number of ether oxygens (including phenoxy) is 1. The molecule has 2 aliphatic rings. The zero-order valence-electron chi connectivity index (χ0n) is 20.7. The maximum Gasteiger partial charge on any atom is 0.410 e. The lowest BCUT2D eigenvalue weighted by atomic mass is 9.60. The van der Waals surface area contributed by atoms with Gasteiger partial charge in [-0.05, 0) is 76.2 Å². The van der Waals surface area contributed by atoms with Crippen LogP contribution in [0, 0.1) is 17.3 Å². The third-order valence-corrected chi connectivity index (χ3v) is 14.2. The lowest BCUT2D eigenvalue weighted by Gasteiger charge is -2.49. The molecule has 1 fully saturated rings. The lowest BCUT2D eigenvalue weighted by molar-refractivity contribution is 0.0590. The highest BCUT2D eigenvalue weighted by molar-refractivity contribution is 6.81. The molecular weight excluding hydrogens is 374 g/mol. The van der Waals surface area contributed by atoms with Gasteiger partial charge in [-0.3, -0.25) is 0 Å². The average molecular weight is 422 g/mol. The highest BCUT2D eigenvalue weighted by atomic mass is 28.3. The molecule has 0 spiro atoms. The molecule has 2 aliphatic carbocycles. The van der Waals surface area contributed by atoms with E-state index in [0.29, 0.717) is 11.3 Å². The van der Waals surface area contributed by atoms with Crippen molar-refractivity contribution in [1.29, 1.82) is 0 Å². The maximum atomic E-state index is 13.3. The first-order valence-electron chi connectivity index (χ1n) is 12.2. The van der Waals surface area contributed by atoms with Gasteiger partial charge in [-0.25, -0.2) is 4.79 Å². The van der Waals surface area contributed by atoms with Crippen molar-refractivity contribution in [3.63, 3.8) is 0 Å². The molecule has 3 atom stereocenters. The number of nitrogens with zero attached hydrogens (tertiary/aromatic N) is 1. The summed E-state index contributed by atoms with van der Waals surface area (Å²) in [6, 6.07) is 3.86. The fourth-order valence-electron chi connectivity index (χ4n) is 6.05. The van der Waals surface area contributed by atoms with E-state index in [1.807, 2.05) is 4.90 Å². The van der Waals surface area contributed by atoms with Gasteiger partial charge in [0, 0.05) is 12.1 Å². The second kappa shape index (κ2) is 9.57. The molecule has 2 bridgehead atoms. The van der Waals surface area contributed by atoms with Crippen LogP contribution in [0.25, 0.3) is 0 Å². The molecule has 168 valence electrons. The van der Waals surface area contributed by atoms with Crippen LogP contribution in [0.3, 0.4) is 0 Å². The summed E-state index contributed by atoms with van der Waals surface area (Å²) >= 11 is 0. The number of allylic oxidation sites excluding steroid dienone is 1. The molecule has 29 heavy (non-hydrogen) atoms. The maximum absolute atomic E-state index is 13.3. The Bertz CT molecular complexity index is 575. The number of hydrogen-bond acceptors (Lipinski definition) is 2. The van der Waals surface area contributed by atoms with Gasteiger partial charge in [0.1, 0.15) is 13.8 Å². The molecule has 0 saturated heterocycles. The summed E-state index contributed by atoms with van der Waals surface area (Å²) in [4.78, 5) is 15.3. The normalized spacial score (nSPS) is 25.0. The zero-order chi connectivity index (χ0) is 22.0. The van der Waals surface area contributed by atoms with Crippen molar-refractivity contribution in [1.82, 2.24) is 4.90 Å². The van der Waals surface area contributed by atoms with Gasteiger partial charge < -0.3 is 9.64 Å². The molecule has 0 heterocycles. The number of rotatable bonds is 8. The Kier molecular flexibility index (Phi) is 8.09. The average Bonchev–Trinajstić information content (AvgIpc) is 2.65. The SMILES string of the molecule is CC[Si](CC)(CC)[C@@H](OC(=O)N(C(C)C)C(C)C)C1=CC[C@@H]2C[C@H]1CCC2(C)C. The third-order valence-electron chi connectivity index (χ3n) is 8.43. The molecule has 1 amide bonds. The van der Waals surface area contributed by atoms with Crippen LogP contribution in [0.15, 0.2) is 11.6 Å². The Hall–Kier alpha value is -0.773. The van der Waals surface area contributed by atoms with Gasteiger partial charge in [0.25, 0.3) is 0 Å². The minimum atomic E-state index is -1.74. The summed E-state index contributed by atoms with van der Waals surface area (Å²) in [6.45, 7) is 20.2. The molecule has 0 aromatic rings. The van der Waals surface area contributed by atoms with E-state index in [9.17, 15) is 4.79 Å². The second-order valence-corrected chi connectivity index (χ2v) is 16.2. The van der Waals surface area contributed by atoms with E-state index in [0.717, 1.165) is 12.3 Å². The van der Waals surface area contributed by atoms with Crippen LogP contribution in [0.4, 0.5) is 4.79 Å². The summed E-state index contributed by atoms with van der Waals surface area (Å²) in [5.74, 6) is 1.40. The summed E-state index contributed by atoms with van der Waals surface area (Å²) in [7, 11) is -1.74. The van der Waals surface area contributed by atoms with Gasteiger partial charge in [0.15, 0.2) is 0 Å². The highest BCUT2D eigenvalue weighted by Gasteiger charge is 2.48. The number of carbonyl (C=O) groups excluding carboxylic acids is 1. The summed E-state index contributed by atoms with van der Waals surface area (Å²) in [6.07, 6.45) is 7.40. The molecular formula is C25H47NO2Si. The zero-order valence-corrected chi connectivity index (χ0v) is 21.7. The Morgan fingerprint density at radius 3 is 2.17 bits per heavy atom. The van der Waals surface area contributed by atoms with Crippen molar-refractivity contribution in [2.24, 2.45) is 17.3 Å². The Labute approximate surface area is 181 Å². The van der Waals surface area contributed by atoms with Gasteiger partial charge in [-0.15, -0.1) is 0 Å². The second-order valence-electron chi connectivity index (χ2n) is 10.9. The lowest BCUT2D eigenvalue weighted by Crippen LogP contribution is -2.54. The first-order valence-corrected chi connectivity index (χ1v) is 14.9. The molecule has 0 aromatic carbocycles. The molecule has 3 nitrogen and oxygen atoms in total. The van der Waals surface area contributed by atoms with Crippen molar-refractivity contribution < 1.29 is 9.53 Å². The van der Waals surface area contributed by atoms with E-state index in [1.165, 1.54) is 43.0 Å².